The van der Waals surface area contributed by atoms with Crippen LogP contribution in [-0.4, -0.2) is 47.7 Å². The number of aromatic nitrogens is 6. The van der Waals surface area contributed by atoms with E-state index in [-0.39, 0.29) is 5.91 Å². The van der Waals surface area contributed by atoms with Gasteiger partial charge in [0.2, 0.25) is 17.8 Å². The number of aryl methyl sites for hydroxylation is 1. The van der Waals surface area contributed by atoms with E-state index in [2.05, 4.69) is 26.0 Å². The van der Waals surface area contributed by atoms with Crippen molar-refractivity contribution in [2.45, 2.75) is 51.0 Å². The van der Waals surface area contributed by atoms with Gasteiger partial charge < -0.3 is 14.7 Å². The van der Waals surface area contributed by atoms with Crippen molar-refractivity contribution < 1.29 is 9.32 Å². The Morgan fingerprint density at radius 2 is 2.18 bits per heavy atom. The second kappa shape index (κ2) is 7.32. The Balaban J connectivity index is 1.32. The van der Waals surface area contributed by atoms with Crippen molar-refractivity contribution in [1.29, 1.82) is 0 Å². The number of hydrogen-bond acceptors (Lipinski definition) is 8. The van der Waals surface area contributed by atoms with Crippen LogP contribution in [0.25, 0.3) is 5.65 Å². The third kappa shape index (κ3) is 3.49. The minimum Gasteiger partial charge on any atom is -0.338 e. The van der Waals surface area contributed by atoms with Gasteiger partial charge in [0.1, 0.15) is 11.2 Å². The summed E-state index contributed by atoms with van der Waals surface area (Å²) in [5.74, 6) is 2.53. The summed E-state index contributed by atoms with van der Waals surface area (Å²) in [5.41, 5.74) is 1.76. The van der Waals surface area contributed by atoms with E-state index in [1.54, 1.807) is 6.07 Å². The number of carbonyl (C=O) groups excluding carboxylic acids is 1. The Kier molecular flexibility index (Phi) is 4.39. The monoisotopic (exact) mass is 447 g/mol. The molecule has 0 spiro atoms. The Morgan fingerprint density at radius 3 is 2.97 bits per heavy atom. The molecule has 6 rings (SSSR count). The first kappa shape index (κ1) is 19.8. The fourth-order valence-corrected chi connectivity index (χ4v) is 4.43. The minimum absolute atomic E-state index is 0.175. The smallest absolute Gasteiger partial charge is 0.252 e. The van der Waals surface area contributed by atoms with Crippen molar-refractivity contribution in [2.24, 2.45) is 0 Å². The molecular formula is C22H25N9O2. The topological polar surface area (TPSA) is 129 Å². The molecule has 0 unspecified atom stereocenters. The van der Waals surface area contributed by atoms with Crippen molar-refractivity contribution >= 4 is 35.2 Å². The van der Waals surface area contributed by atoms with Crippen molar-refractivity contribution in [1.82, 2.24) is 29.7 Å². The molecule has 2 fully saturated rings. The second-order valence-corrected chi connectivity index (χ2v) is 9.01. The highest BCUT2D eigenvalue weighted by molar-refractivity contribution is 5.99. The number of rotatable bonds is 6. The highest BCUT2D eigenvalue weighted by atomic mass is 16.5. The molecule has 3 N–H and O–H groups in total. The van der Waals surface area contributed by atoms with Crippen LogP contribution in [0.5, 0.6) is 0 Å². The van der Waals surface area contributed by atoms with Crippen molar-refractivity contribution in [3.05, 3.63) is 41.9 Å². The van der Waals surface area contributed by atoms with Crippen LogP contribution < -0.4 is 15.5 Å². The van der Waals surface area contributed by atoms with Crippen LogP contribution in [0.1, 0.15) is 49.9 Å². The van der Waals surface area contributed by atoms with Crippen LogP contribution in [0.4, 0.5) is 23.6 Å². The van der Waals surface area contributed by atoms with Crippen LogP contribution >= 0.6 is 0 Å². The van der Waals surface area contributed by atoms with Crippen LogP contribution in [0.2, 0.25) is 0 Å². The maximum absolute atomic E-state index is 13.3. The molecule has 1 aliphatic carbocycles. The molecule has 1 saturated heterocycles. The van der Waals surface area contributed by atoms with Gasteiger partial charge in [-0.2, -0.15) is 15.1 Å². The van der Waals surface area contributed by atoms with E-state index in [4.69, 9.17) is 14.5 Å². The molecule has 170 valence electrons. The zero-order chi connectivity index (χ0) is 22.6. The van der Waals surface area contributed by atoms with Gasteiger partial charge in [0.15, 0.2) is 5.82 Å². The van der Waals surface area contributed by atoms with Gasteiger partial charge in [-0.25, -0.2) is 0 Å². The molecule has 1 atom stereocenters. The Hall–Kier alpha value is -3.89. The quantitative estimate of drug-likeness (QED) is 0.410. The van der Waals surface area contributed by atoms with Crippen LogP contribution in [0.15, 0.2) is 35.0 Å². The Morgan fingerprint density at radius 1 is 1.30 bits per heavy atom. The van der Waals surface area contributed by atoms with Crippen LogP contribution in [-0.2, 0) is 4.79 Å². The van der Waals surface area contributed by atoms with E-state index in [9.17, 15) is 4.79 Å². The first-order valence-electron chi connectivity index (χ1n) is 11.2. The fourth-order valence-electron chi connectivity index (χ4n) is 4.43. The third-order valence-electron chi connectivity index (χ3n) is 6.47. The van der Waals surface area contributed by atoms with Gasteiger partial charge in [-0.05, 0) is 51.7 Å². The molecule has 1 amide bonds. The lowest BCUT2D eigenvalue weighted by molar-refractivity contribution is -0.120. The number of nitrogens with zero attached hydrogens (tertiary/aromatic N) is 6. The van der Waals surface area contributed by atoms with Crippen molar-refractivity contribution in [3.63, 3.8) is 0 Å². The fraction of sp³-hybridized carbons (Fsp3) is 0.409. The maximum atomic E-state index is 13.3. The lowest BCUT2D eigenvalue weighted by Gasteiger charge is -2.33. The zero-order valence-corrected chi connectivity index (χ0v) is 18.5. The molecule has 11 nitrogen and oxygen atoms in total. The number of fused-ring (bicyclic) bond motifs is 1. The first-order chi connectivity index (χ1) is 16.0. The first-order valence-corrected chi connectivity index (χ1v) is 11.2. The van der Waals surface area contributed by atoms with Gasteiger partial charge in [-0.1, -0.05) is 5.16 Å². The number of amides is 1. The van der Waals surface area contributed by atoms with E-state index in [1.165, 1.54) is 12.8 Å². The van der Waals surface area contributed by atoms with Gasteiger partial charge >= 0.3 is 0 Å². The van der Waals surface area contributed by atoms with Crippen LogP contribution in [0.3, 0.4) is 0 Å². The lowest BCUT2D eigenvalue weighted by Crippen LogP contribution is -2.51. The van der Waals surface area contributed by atoms with Crippen molar-refractivity contribution in [2.75, 3.05) is 22.1 Å². The predicted octanol–water partition coefficient (Wildman–Crippen LogP) is 3.37. The van der Waals surface area contributed by atoms with Crippen molar-refractivity contribution in [3.8, 4) is 0 Å². The van der Waals surface area contributed by atoms with E-state index in [1.807, 2.05) is 47.5 Å². The molecule has 1 saturated carbocycles. The van der Waals surface area contributed by atoms with E-state index >= 15 is 0 Å². The molecule has 33 heavy (non-hydrogen) atoms. The highest BCUT2D eigenvalue weighted by Gasteiger charge is 2.45. The summed E-state index contributed by atoms with van der Waals surface area (Å²) in [7, 11) is 0. The molecule has 2 aliphatic rings. The molecule has 0 aromatic carbocycles. The number of aromatic amines is 1. The number of anilines is 4. The van der Waals surface area contributed by atoms with Gasteiger partial charge in [-0.15, -0.1) is 0 Å². The van der Waals surface area contributed by atoms with Gasteiger partial charge in [-0.3, -0.25) is 19.6 Å². The average Bonchev–Trinajstić information content (AvgIpc) is 3.17. The predicted molar refractivity (Wildman–Crippen MR) is 122 cm³/mol. The summed E-state index contributed by atoms with van der Waals surface area (Å²) in [4.78, 5) is 24.8. The third-order valence-corrected chi connectivity index (χ3v) is 6.47. The Labute approximate surface area is 189 Å². The summed E-state index contributed by atoms with van der Waals surface area (Å²) < 4.78 is 7.06. The largest absolute Gasteiger partial charge is 0.338 e. The second-order valence-electron chi connectivity index (χ2n) is 9.01. The molecule has 4 aromatic rings. The SMILES string of the molecule is Cc1cc(NC(=O)[C@]2(C)CCCN2c2nc(Nc3cc(C4CC4)[nH]n3)n3cccc3n2)on1. The number of H-pyrrole nitrogens is 1. The molecule has 4 aromatic heterocycles. The number of carbonyl (C=O) groups is 1. The van der Waals surface area contributed by atoms with E-state index < -0.39 is 5.54 Å². The number of hydrogen-bond donors (Lipinski definition) is 3. The summed E-state index contributed by atoms with van der Waals surface area (Å²) >= 11 is 0. The summed E-state index contributed by atoms with van der Waals surface area (Å²) in [6.07, 6.45) is 5.82. The lowest BCUT2D eigenvalue weighted by atomic mass is 9.98. The van der Waals surface area contributed by atoms with E-state index in [0.29, 0.717) is 48.2 Å². The standard InChI is InChI=1S/C22H25N9O2/c1-13-11-18(33-29-13)25-19(32)22(2)8-4-10-31(22)21-24-17-5-3-9-30(17)20(26-21)23-16-12-15(27-28-16)14-6-7-14/h3,5,9,11-12,14H,4,6-8,10H2,1-2H3,(H,25,32)(H2,23,24,26,27,28)/t22-/m0/s1. The summed E-state index contributed by atoms with van der Waals surface area (Å²) in [5, 5.41) is 17.5. The zero-order valence-electron chi connectivity index (χ0n) is 18.5. The van der Waals surface area contributed by atoms with Crippen LogP contribution in [0, 0.1) is 6.92 Å². The molecule has 0 radical (unpaired) electrons. The minimum atomic E-state index is -0.825. The molecular weight excluding hydrogens is 422 g/mol. The summed E-state index contributed by atoms with van der Waals surface area (Å²) in [6.45, 7) is 4.39. The number of nitrogens with one attached hydrogen (secondary N) is 3. The van der Waals surface area contributed by atoms with E-state index in [0.717, 1.165) is 17.8 Å². The highest BCUT2D eigenvalue weighted by Crippen LogP contribution is 2.40. The normalized spacial score (nSPS) is 20.5. The maximum Gasteiger partial charge on any atom is 0.252 e. The molecule has 11 heteroatoms. The Bertz CT molecular complexity index is 1330. The average molecular weight is 448 g/mol. The molecule has 5 heterocycles. The van der Waals surface area contributed by atoms with Gasteiger partial charge in [0.05, 0.1) is 5.69 Å². The summed E-state index contributed by atoms with van der Waals surface area (Å²) in [6, 6.07) is 7.57. The molecule has 0 bridgehead atoms. The van der Waals surface area contributed by atoms with Gasteiger partial charge in [0.25, 0.3) is 5.91 Å². The van der Waals surface area contributed by atoms with Gasteiger partial charge in [0, 0.05) is 36.5 Å². The molecule has 1 aliphatic heterocycles.